The molecule has 114 valence electrons. The van der Waals surface area contributed by atoms with Gasteiger partial charge < -0.3 is 4.90 Å². The maximum atomic E-state index is 12.1. The lowest BCUT2D eigenvalue weighted by Gasteiger charge is -2.16. The highest BCUT2D eigenvalue weighted by Crippen LogP contribution is 2.09. The summed E-state index contributed by atoms with van der Waals surface area (Å²) in [6.07, 6.45) is 0. The van der Waals surface area contributed by atoms with Gasteiger partial charge in [0.25, 0.3) is 0 Å². The van der Waals surface area contributed by atoms with E-state index in [9.17, 15) is 8.42 Å². The zero-order valence-electron chi connectivity index (χ0n) is 12.2. The van der Waals surface area contributed by atoms with Crippen molar-refractivity contribution < 1.29 is 8.42 Å². The Kier molecular flexibility index (Phi) is 4.53. The number of tetrazole rings is 1. The zero-order valence-corrected chi connectivity index (χ0v) is 13.0. The molecule has 1 heterocycles. The van der Waals surface area contributed by atoms with E-state index in [-0.39, 0.29) is 11.4 Å². The molecule has 0 saturated heterocycles. The van der Waals surface area contributed by atoms with Gasteiger partial charge in [0, 0.05) is 27.2 Å². The summed E-state index contributed by atoms with van der Waals surface area (Å²) in [5, 5.41) is 11.1. The van der Waals surface area contributed by atoms with Gasteiger partial charge in [-0.1, -0.05) is 22.8 Å². The Balaban J connectivity index is 1.93. The standard InChI is InChI=1S/C12H18N6O2S/c1-10-4-6-11(7-5-10)21(19,20)13-8-9-17(2)12-14-15-16-18(12)3/h4-7,13H,8-9H2,1-3H3. The van der Waals surface area contributed by atoms with Gasteiger partial charge in [0.1, 0.15) is 0 Å². The molecule has 0 unspecified atom stereocenters. The first-order valence-corrected chi connectivity index (χ1v) is 7.88. The van der Waals surface area contributed by atoms with Crippen LogP contribution in [-0.4, -0.2) is 48.8 Å². The number of aromatic nitrogens is 4. The summed E-state index contributed by atoms with van der Waals surface area (Å²) in [6.45, 7) is 2.63. The van der Waals surface area contributed by atoms with E-state index >= 15 is 0 Å². The molecule has 0 aliphatic carbocycles. The van der Waals surface area contributed by atoms with Gasteiger partial charge in [-0.3, -0.25) is 0 Å². The van der Waals surface area contributed by atoms with Crippen LogP contribution in [0.2, 0.25) is 0 Å². The van der Waals surface area contributed by atoms with E-state index in [4.69, 9.17) is 0 Å². The molecule has 1 N–H and O–H groups in total. The van der Waals surface area contributed by atoms with Crippen molar-refractivity contribution >= 4 is 16.0 Å². The first-order valence-electron chi connectivity index (χ1n) is 6.40. The maximum Gasteiger partial charge on any atom is 0.245 e. The first kappa shape index (κ1) is 15.4. The highest BCUT2D eigenvalue weighted by Gasteiger charge is 2.14. The molecule has 0 spiro atoms. The molecular formula is C12H18N6O2S. The topological polar surface area (TPSA) is 93.0 Å². The molecule has 0 bridgehead atoms. The molecular weight excluding hydrogens is 292 g/mol. The highest BCUT2D eigenvalue weighted by atomic mass is 32.2. The average Bonchev–Trinajstić information content (AvgIpc) is 2.85. The minimum atomic E-state index is -3.49. The Morgan fingerprint density at radius 1 is 1.29 bits per heavy atom. The zero-order chi connectivity index (χ0) is 15.5. The molecule has 0 saturated carbocycles. The van der Waals surface area contributed by atoms with E-state index in [1.165, 1.54) is 4.68 Å². The number of nitrogens with one attached hydrogen (secondary N) is 1. The smallest absolute Gasteiger partial charge is 0.245 e. The molecule has 1 aromatic carbocycles. The van der Waals surface area contributed by atoms with Gasteiger partial charge in [0.15, 0.2) is 0 Å². The first-order chi connectivity index (χ1) is 9.90. The maximum absolute atomic E-state index is 12.1. The van der Waals surface area contributed by atoms with Crippen LogP contribution in [0.15, 0.2) is 29.2 Å². The third-order valence-corrected chi connectivity index (χ3v) is 4.49. The molecule has 1 aromatic heterocycles. The lowest BCUT2D eigenvalue weighted by molar-refractivity contribution is 0.581. The highest BCUT2D eigenvalue weighted by molar-refractivity contribution is 7.89. The lowest BCUT2D eigenvalue weighted by atomic mass is 10.2. The van der Waals surface area contributed by atoms with E-state index in [0.717, 1.165) is 5.56 Å². The van der Waals surface area contributed by atoms with Crippen molar-refractivity contribution in [2.75, 3.05) is 25.0 Å². The summed E-state index contributed by atoms with van der Waals surface area (Å²) in [5.41, 5.74) is 1.02. The lowest BCUT2D eigenvalue weighted by Crippen LogP contribution is -2.34. The Labute approximate surface area is 123 Å². The molecule has 0 atom stereocenters. The Morgan fingerprint density at radius 2 is 1.95 bits per heavy atom. The second kappa shape index (κ2) is 6.19. The van der Waals surface area contributed by atoms with E-state index in [2.05, 4.69) is 20.2 Å². The molecule has 0 aliphatic rings. The monoisotopic (exact) mass is 310 g/mol. The minimum absolute atomic E-state index is 0.260. The van der Waals surface area contributed by atoms with Gasteiger partial charge in [-0.15, -0.1) is 0 Å². The molecule has 2 aromatic rings. The molecule has 2 rings (SSSR count). The van der Waals surface area contributed by atoms with Gasteiger partial charge in [-0.05, 0) is 29.5 Å². The number of sulfonamides is 1. The van der Waals surface area contributed by atoms with E-state index < -0.39 is 10.0 Å². The van der Waals surface area contributed by atoms with Crippen LogP contribution in [0, 0.1) is 6.92 Å². The van der Waals surface area contributed by atoms with Crippen LogP contribution in [0.3, 0.4) is 0 Å². The van der Waals surface area contributed by atoms with Crippen LogP contribution in [0.5, 0.6) is 0 Å². The summed E-state index contributed by atoms with van der Waals surface area (Å²) in [5.74, 6) is 0.574. The second-order valence-corrected chi connectivity index (χ2v) is 6.50. The number of benzene rings is 1. The predicted octanol–water partition coefficient (Wildman–Crippen LogP) is -0.0668. The summed E-state index contributed by atoms with van der Waals surface area (Å²) >= 11 is 0. The number of aryl methyl sites for hydroxylation is 2. The van der Waals surface area contributed by atoms with Crippen molar-refractivity contribution in [2.24, 2.45) is 7.05 Å². The molecule has 8 nitrogen and oxygen atoms in total. The van der Waals surface area contributed by atoms with Crippen LogP contribution in [0.25, 0.3) is 0 Å². The van der Waals surface area contributed by atoms with Crippen LogP contribution >= 0.6 is 0 Å². The number of anilines is 1. The van der Waals surface area contributed by atoms with Gasteiger partial charge in [0.05, 0.1) is 4.90 Å². The molecule has 0 amide bonds. The quantitative estimate of drug-likeness (QED) is 0.803. The average molecular weight is 310 g/mol. The Hall–Kier alpha value is -2.00. The largest absolute Gasteiger partial charge is 0.341 e. The number of hydrogen-bond acceptors (Lipinski definition) is 6. The predicted molar refractivity (Wildman–Crippen MR) is 78.4 cm³/mol. The van der Waals surface area contributed by atoms with Crippen molar-refractivity contribution in [3.63, 3.8) is 0 Å². The SMILES string of the molecule is Cc1ccc(S(=O)(=O)NCCN(C)c2nnnn2C)cc1. The summed E-state index contributed by atoms with van der Waals surface area (Å²) in [6, 6.07) is 6.72. The molecule has 21 heavy (non-hydrogen) atoms. The number of rotatable bonds is 6. The summed E-state index contributed by atoms with van der Waals surface area (Å²) in [7, 11) is 0.0352. The van der Waals surface area contributed by atoms with Crippen LogP contribution in [-0.2, 0) is 17.1 Å². The van der Waals surface area contributed by atoms with E-state index in [1.807, 2.05) is 6.92 Å². The Bertz CT molecular complexity index is 695. The van der Waals surface area contributed by atoms with E-state index in [1.54, 1.807) is 43.3 Å². The molecule has 0 aliphatic heterocycles. The normalized spacial score (nSPS) is 11.6. The number of likely N-dealkylation sites (N-methyl/N-ethyl adjacent to an activating group) is 1. The van der Waals surface area contributed by atoms with Crippen molar-refractivity contribution in [3.8, 4) is 0 Å². The van der Waals surface area contributed by atoms with E-state index in [0.29, 0.717) is 12.5 Å². The fourth-order valence-corrected chi connectivity index (χ4v) is 2.82. The molecule has 0 radical (unpaired) electrons. The van der Waals surface area contributed by atoms with Crippen LogP contribution in [0.1, 0.15) is 5.56 Å². The van der Waals surface area contributed by atoms with Crippen molar-refractivity contribution in [2.45, 2.75) is 11.8 Å². The Morgan fingerprint density at radius 3 is 2.52 bits per heavy atom. The molecule has 9 heteroatoms. The fourth-order valence-electron chi connectivity index (χ4n) is 1.80. The van der Waals surface area contributed by atoms with Crippen molar-refractivity contribution in [1.82, 2.24) is 24.9 Å². The van der Waals surface area contributed by atoms with Crippen molar-refractivity contribution in [1.29, 1.82) is 0 Å². The van der Waals surface area contributed by atoms with Crippen molar-refractivity contribution in [3.05, 3.63) is 29.8 Å². The summed E-state index contributed by atoms with van der Waals surface area (Å²) in [4.78, 5) is 2.04. The second-order valence-electron chi connectivity index (χ2n) is 4.73. The third kappa shape index (κ3) is 3.76. The molecule has 0 fully saturated rings. The summed E-state index contributed by atoms with van der Waals surface area (Å²) < 4.78 is 28.3. The van der Waals surface area contributed by atoms with Gasteiger partial charge >= 0.3 is 0 Å². The van der Waals surface area contributed by atoms with Crippen LogP contribution in [0.4, 0.5) is 5.95 Å². The minimum Gasteiger partial charge on any atom is -0.341 e. The third-order valence-electron chi connectivity index (χ3n) is 3.01. The van der Waals surface area contributed by atoms with Gasteiger partial charge in [-0.25, -0.2) is 17.8 Å². The fraction of sp³-hybridized carbons (Fsp3) is 0.417. The van der Waals surface area contributed by atoms with Crippen LogP contribution < -0.4 is 9.62 Å². The van der Waals surface area contributed by atoms with Gasteiger partial charge in [0.2, 0.25) is 16.0 Å². The number of hydrogen-bond donors (Lipinski definition) is 1. The number of nitrogens with zero attached hydrogens (tertiary/aromatic N) is 5. The van der Waals surface area contributed by atoms with Gasteiger partial charge in [-0.2, -0.15) is 0 Å².